The molecule has 1 fully saturated rings. The van der Waals surface area contributed by atoms with Crippen molar-refractivity contribution in [1.29, 1.82) is 0 Å². The van der Waals surface area contributed by atoms with E-state index < -0.39 is 53.1 Å². The molecule has 0 N–H and O–H groups in total. The van der Waals surface area contributed by atoms with Crippen LogP contribution >= 0.6 is 23.2 Å². The van der Waals surface area contributed by atoms with Crippen molar-refractivity contribution >= 4 is 64.0 Å². The highest BCUT2D eigenvalue weighted by atomic mass is 35.5. The van der Waals surface area contributed by atoms with Crippen molar-refractivity contribution in [2.75, 3.05) is 11.5 Å². The van der Waals surface area contributed by atoms with Crippen LogP contribution in [0.1, 0.15) is 27.6 Å². The first-order chi connectivity index (χ1) is 16.3. The second-order valence-corrected chi connectivity index (χ2v) is 8.91. The summed E-state index contributed by atoms with van der Waals surface area (Å²) in [5, 5.41) is 0.361. The van der Waals surface area contributed by atoms with Crippen LogP contribution in [0, 0.1) is 17.8 Å². The molecule has 0 bridgehead atoms. The number of carbonyl (C=O) groups is 5. The quantitative estimate of drug-likeness (QED) is 0.363. The Labute approximate surface area is 203 Å². The lowest BCUT2D eigenvalue weighted by Crippen LogP contribution is -2.37. The molecule has 34 heavy (non-hydrogen) atoms. The molecule has 8 nitrogen and oxygen atoms in total. The minimum atomic E-state index is -1.39. The van der Waals surface area contributed by atoms with Gasteiger partial charge in [0, 0.05) is 21.9 Å². The van der Waals surface area contributed by atoms with Gasteiger partial charge >= 0.3 is 5.97 Å². The van der Waals surface area contributed by atoms with Crippen LogP contribution in [0.15, 0.2) is 47.5 Å². The number of esters is 1. The van der Waals surface area contributed by atoms with E-state index in [0.717, 1.165) is 4.90 Å². The number of aliphatic imine (C=N–C) groups is 1. The lowest BCUT2D eigenvalue weighted by Gasteiger charge is -2.19. The molecule has 2 aromatic carbocycles. The smallest absolute Gasteiger partial charge is 0.331 e. The molecular weight excluding hydrogens is 483 g/mol. The molecule has 0 spiro atoms. The van der Waals surface area contributed by atoms with Gasteiger partial charge in [0.2, 0.25) is 11.8 Å². The molecule has 3 aliphatic rings. The van der Waals surface area contributed by atoms with E-state index in [1.54, 1.807) is 19.1 Å². The number of carbonyl (C=O) groups excluding carboxylic acids is 5. The predicted molar refractivity (Wildman–Crippen MR) is 122 cm³/mol. The summed E-state index contributed by atoms with van der Waals surface area (Å²) in [5.41, 5.74) is 0.418. The summed E-state index contributed by atoms with van der Waals surface area (Å²) in [6.45, 7) is 1.62. The molecule has 5 rings (SSSR count). The third kappa shape index (κ3) is 3.13. The lowest BCUT2D eigenvalue weighted by molar-refractivity contribution is -0.147. The van der Waals surface area contributed by atoms with Gasteiger partial charge in [-0.3, -0.25) is 24.2 Å². The number of anilines is 1. The maximum atomic E-state index is 13.6. The molecule has 3 unspecified atom stereocenters. The highest BCUT2D eigenvalue weighted by Crippen LogP contribution is 2.45. The molecule has 10 heteroatoms. The Balaban J connectivity index is 1.61. The highest BCUT2D eigenvalue weighted by molar-refractivity contribution is 6.43. The van der Waals surface area contributed by atoms with E-state index in [9.17, 15) is 24.0 Å². The summed E-state index contributed by atoms with van der Waals surface area (Å²) in [6.07, 6.45) is 0. The molecule has 1 aliphatic carbocycles. The first kappa shape index (κ1) is 22.4. The number of imide groups is 1. The van der Waals surface area contributed by atoms with E-state index in [2.05, 4.69) is 4.99 Å². The molecule has 2 aromatic rings. The Morgan fingerprint density at radius 2 is 1.65 bits per heavy atom. The van der Waals surface area contributed by atoms with Crippen molar-refractivity contribution < 1.29 is 28.7 Å². The number of halogens is 2. The Morgan fingerprint density at radius 1 is 1.00 bits per heavy atom. The van der Waals surface area contributed by atoms with Gasteiger partial charge in [0.15, 0.2) is 17.6 Å². The van der Waals surface area contributed by atoms with Crippen LogP contribution in [0.5, 0.6) is 0 Å². The number of Topliss-reactive ketones (excluding diaryl/α,β-unsaturated/α-hetero) is 2. The van der Waals surface area contributed by atoms with Crippen molar-refractivity contribution in [3.8, 4) is 0 Å². The van der Waals surface area contributed by atoms with Crippen LogP contribution in [0.4, 0.5) is 5.69 Å². The summed E-state index contributed by atoms with van der Waals surface area (Å²) in [4.78, 5) is 71.2. The molecule has 0 aromatic heterocycles. The Morgan fingerprint density at radius 3 is 2.24 bits per heavy atom. The van der Waals surface area contributed by atoms with Gasteiger partial charge in [-0.25, -0.2) is 9.69 Å². The largest absolute Gasteiger partial charge is 0.464 e. The van der Waals surface area contributed by atoms with Gasteiger partial charge < -0.3 is 4.74 Å². The normalized spacial score (nSPS) is 23.9. The fourth-order valence-corrected chi connectivity index (χ4v) is 5.33. The number of rotatable bonds is 4. The SMILES string of the molecule is CCOC(=O)C1N=C(C2C(=O)c3ccccc3C2=O)C2C(=O)N(c3ccc(Cl)cc3Cl)C(=O)C12. The summed E-state index contributed by atoms with van der Waals surface area (Å²) < 4.78 is 5.08. The molecule has 1 saturated heterocycles. The predicted octanol–water partition coefficient (Wildman–Crippen LogP) is 3.18. The van der Waals surface area contributed by atoms with Gasteiger partial charge in [0.05, 0.1) is 29.2 Å². The number of amides is 2. The van der Waals surface area contributed by atoms with E-state index in [-0.39, 0.29) is 34.2 Å². The van der Waals surface area contributed by atoms with Crippen LogP contribution < -0.4 is 4.90 Å². The van der Waals surface area contributed by atoms with Crippen molar-refractivity contribution in [2.45, 2.75) is 13.0 Å². The molecule has 2 aliphatic heterocycles. The zero-order chi connectivity index (χ0) is 24.3. The fourth-order valence-electron chi connectivity index (χ4n) is 4.83. The summed E-state index contributed by atoms with van der Waals surface area (Å²) >= 11 is 12.2. The molecule has 2 heterocycles. The molecule has 172 valence electrons. The zero-order valence-corrected chi connectivity index (χ0v) is 19.2. The third-order valence-corrected chi connectivity index (χ3v) is 6.79. The maximum absolute atomic E-state index is 13.6. The van der Waals surface area contributed by atoms with Gasteiger partial charge in [-0.1, -0.05) is 47.5 Å². The van der Waals surface area contributed by atoms with Gasteiger partial charge in [-0.2, -0.15) is 0 Å². The van der Waals surface area contributed by atoms with Crippen LogP contribution in [0.3, 0.4) is 0 Å². The van der Waals surface area contributed by atoms with Crippen LogP contribution in [-0.2, 0) is 19.1 Å². The summed E-state index contributed by atoms with van der Waals surface area (Å²) in [7, 11) is 0. The number of benzene rings is 2. The minimum absolute atomic E-state index is 0.0270. The zero-order valence-electron chi connectivity index (χ0n) is 17.7. The van der Waals surface area contributed by atoms with Crippen LogP contribution in [0.2, 0.25) is 10.0 Å². The number of nitrogens with zero attached hydrogens (tertiary/aromatic N) is 2. The summed E-state index contributed by atoms with van der Waals surface area (Å²) in [6, 6.07) is 9.20. The lowest BCUT2D eigenvalue weighted by atomic mass is 9.82. The van der Waals surface area contributed by atoms with Crippen LogP contribution in [0.25, 0.3) is 0 Å². The van der Waals surface area contributed by atoms with Crippen molar-refractivity contribution in [1.82, 2.24) is 0 Å². The van der Waals surface area contributed by atoms with Crippen molar-refractivity contribution in [3.63, 3.8) is 0 Å². The first-order valence-electron chi connectivity index (χ1n) is 10.5. The van der Waals surface area contributed by atoms with Crippen molar-refractivity contribution in [3.05, 3.63) is 63.6 Å². The van der Waals surface area contributed by atoms with Crippen LogP contribution in [-0.4, -0.2) is 47.7 Å². The fraction of sp³-hybridized carbons (Fsp3) is 0.250. The monoisotopic (exact) mass is 498 g/mol. The average molecular weight is 499 g/mol. The third-order valence-electron chi connectivity index (χ3n) is 6.25. The number of fused-ring (bicyclic) bond motifs is 2. The number of hydrogen-bond acceptors (Lipinski definition) is 7. The van der Waals surface area contributed by atoms with E-state index >= 15 is 0 Å². The Kier molecular flexibility index (Phi) is 5.37. The molecule has 0 radical (unpaired) electrons. The molecule has 3 atom stereocenters. The van der Waals surface area contributed by atoms with E-state index in [0.29, 0.717) is 5.02 Å². The van der Waals surface area contributed by atoms with Gasteiger partial charge in [0.1, 0.15) is 5.92 Å². The second-order valence-electron chi connectivity index (χ2n) is 8.07. The van der Waals surface area contributed by atoms with Gasteiger partial charge in [-0.05, 0) is 25.1 Å². The van der Waals surface area contributed by atoms with E-state index in [1.165, 1.54) is 30.3 Å². The van der Waals surface area contributed by atoms with Crippen molar-refractivity contribution in [2.24, 2.45) is 22.7 Å². The Hall–Kier alpha value is -3.36. The number of ketones is 2. The maximum Gasteiger partial charge on any atom is 0.331 e. The summed E-state index contributed by atoms with van der Waals surface area (Å²) in [5.74, 6) is -7.21. The van der Waals surface area contributed by atoms with E-state index in [4.69, 9.17) is 27.9 Å². The molecular formula is C24H16Cl2N2O6. The topological polar surface area (TPSA) is 110 Å². The standard InChI is InChI=1S/C24H16Cl2N2O6/c1-2-34-24(33)19-16-15(22(31)28(23(16)32)14-8-7-10(25)9-13(14)26)18(27-19)17-20(29)11-5-3-4-6-12(11)21(17)30/h3-9,15-17,19H,2H2,1H3. The highest BCUT2D eigenvalue weighted by Gasteiger charge is 2.62. The molecule has 0 saturated carbocycles. The second kappa shape index (κ2) is 8.14. The Bertz CT molecular complexity index is 1300. The van der Waals surface area contributed by atoms with Gasteiger partial charge in [0.25, 0.3) is 0 Å². The number of hydrogen-bond donors (Lipinski definition) is 0. The first-order valence-corrected chi connectivity index (χ1v) is 11.3. The number of ether oxygens (including phenoxy) is 1. The van der Waals surface area contributed by atoms with E-state index in [1.807, 2.05) is 0 Å². The van der Waals surface area contributed by atoms with Gasteiger partial charge in [-0.15, -0.1) is 0 Å². The minimum Gasteiger partial charge on any atom is -0.464 e. The average Bonchev–Trinajstić information content (AvgIpc) is 3.39. The molecule has 2 amide bonds.